The summed E-state index contributed by atoms with van der Waals surface area (Å²) in [6.45, 7) is 0.334. The number of ether oxygens (including phenoxy) is 1. The Labute approximate surface area is 76.0 Å². The van der Waals surface area contributed by atoms with Crippen LogP contribution in [0.15, 0.2) is 30.3 Å². The summed E-state index contributed by atoms with van der Waals surface area (Å²) in [7, 11) is 0. The maximum absolute atomic E-state index is 10.3. The van der Waals surface area contributed by atoms with Crippen LogP contribution in [0, 0.1) is 0 Å². The second-order valence-corrected chi connectivity index (χ2v) is 2.62. The van der Waals surface area contributed by atoms with Gasteiger partial charge in [-0.3, -0.25) is 0 Å². The molecule has 0 heterocycles. The average Bonchev–Trinajstić information content (AvgIpc) is 2.03. The zero-order valence-electron chi connectivity index (χ0n) is 5.73. The molecule has 0 radical (unpaired) electrons. The van der Waals surface area contributed by atoms with E-state index in [1.54, 1.807) is 0 Å². The first-order chi connectivity index (χ1) is 5.29. The first-order valence-corrected chi connectivity index (χ1v) is 3.90. The Bertz CT molecular complexity index is 233. The van der Waals surface area contributed by atoms with Crippen LogP contribution in [0.4, 0.5) is 4.79 Å². The Morgan fingerprint density at radius 3 is 2.55 bits per heavy atom. The molecule has 0 atom stereocenters. The molecule has 0 unspecified atom stereocenters. The van der Waals surface area contributed by atoms with Gasteiger partial charge in [-0.2, -0.15) is 0 Å². The minimum absolute atomic E-state index is 0.334. The van der Waals surface area contributed by atoms with Gasteiger partial charge in [0.2, 0.25) is 0 Å². The Morgan fingerprint density at radius 1 is 1.36 bits per heavy atom. The molecule has 0 bridgehead atoms. The summed E-state index contributed by atoms with van der Waals surface area (Å²) >= 11 is 2.42. The molecule has 1 aromatic rings. The predicted molar refractivity (Wildman–Crippen MR) is 36.6 cm³/mol. The van der Waals surface area contributed by atoms with Crippen molar-refractivity contribution in [1.29, 1.82) is 0 Å². The van der Waals surface area contributed by atoms with E-state index in [0.717, 1.165) is 5.56 Å². The number of benzene rings is 1. The van der Waals surface area contributed by atoms with Crippen molar-refractivity contribution in [2.24, 2.45) is 0 Å². The van der Waals surface area contributed by atoms with Gasteiger partial charge in [0.05, 0.1) is 0 Å². The molecule has 0 fully saturated rings. The molecule has 0 aliphatic carbocycles. The van der Waals surface area contributed by atoms with Crippen molar-refractivity contribution < 1.29 is 28.7 Å². The van der Waals surface area contributed by atoms with Gasteiger partial charge in [0.15, 0.2) is 0 Å². The van der Waals surface area contributed by atoms with Crippen molar-refractivity contribution in [3.8, 4) is 0 Å². The van der Waals surface area contributed by atoms with E-state index in [-0.39, 0.29) is 0 Å². The van der Waals surface area contributed by atoms with Crippen molar-refractivity contribution in [2.75, 3.05) is 0 Å². The number of hydrogen-bond donors (Lipinski definition) is 0. The summed E-state index contributed by atoms with van der Waals surface area (Å²) in [5.41, 5.74) is 0.992. The van der Waals surface area contributed by atoms with Crippen LogP contribution in [0.25, 0.3) is 0 Å². The molecule has 0 saturated heterocycles. The van der Waals surface area contributed by atoms with Gasteiger partial charge < -0.3 is 0 Å². The van der Waals surface area contributed by atoms with Crippen LogP contribution in [0.3, 0.4) is 0 Å². The van der Waals surface area contributed by atoms with Crippen LogP contribution >= 0.6 is 0 Å². The molecule has 61 valence electrons. The van der Waals surface area contributed by atoms with Crippen LogP contribution in [0.5, 0.6) is 0 Å². The van der Waals surface area contributed by atoms with E-state index in [0.29, 0.717) is 6.61 Å². The van der Waals surface area contributed by atoms with Crippen LogP contribution in [0.2, 0.25) is 0 Å². The van der Waals surface area contributed by atoms with E-state index in [9.17, 15) is 4.79 Å². The molecule has 0 N–H and O–H groups in total. The average molecular weight is 242 g/mol. The summed E-state index contributed by atoms with van der Waals surface area (Å²) in [4.78, 5) is 10.3. The molecule has 0 saturated carbocycles. The fourth-order valence-corrected chi connectivity index (χ4v) is 0.822. The molecular formula is C8H7O2Pd. The number of carbonyl (C=O) groups is 1. The van der Waals surface area contributed by atoms with Gasteiger partial charge in [0.25, 0.3) is 0 Å². The van der Waals surface area contributed by atoms with Crippen molar-refractivity contribution in [2.45, 2.75) is 6.61 Å². The Balaban J connectivity index is 2.45. The first kappa shape index (κ1) is 8.45. The summed E-state index contributed by atoms with van der Waals surface area (Å²) in [5.74, 6) is 0. The van der Waals surface area contributed by atoms with Gasteiger partial charge in [-0.25, -0.2) is 0 Å². The van der Waals surface area contributed by atoms with Crippen LogP contribution in [-0.2, 0) is 30.5 Å². The van der Waals surface area contributed by atoms with Gasteiger partial charge in [0, 0.05) is 0 Å². The third kappa shape index (κ3) is 3.31. The van der Waals surface area contributed by atoms with Crippen LogP contribution in [-0.4, -0.2) is 4.44 Å². The van der Waals surface area contributed by atoms with Gasteiger partial charge in [-0.15, -0.1) is 0 Å². The van der Waals surface area contributed by atoms with Crippen molar-refractivity contribution >= 4 is 4.44 Å². The van der Waals surface area contributed by atoms with Crippen molar-refractivity contribution in [3.05, 3.63) is 35.9 Å². The van der Waals surface area contributed by atoms with E-state index in [4.69, 9.17) is 4.74 Å². The Kier molecular flexibility index (Phi) is 3.28. The number of rotatable bonds is 2. The fourth-order valence-electron chi connectivity index (χ4n) is 0.710. The second kappa shape index (κ2) is 4.28. The Morgan fingerprint density at radius 2 is 2.00 bits per heavy atom. The van der Waals surface area contributed by atoms with E-state index >= 15 is 0 Å². The number of hydrogen-bond acceptors (Lipinski definition) is 2. The van der Waals surface area contributed by atoms with Crippen LogP contribution < -0.4 is 0 Å². The molecule has 2 nitrogen and oxygen atoms in total. The van der Waals surface area contributed by atoms with E-state index in [1.165, 1.54) is 0 Å². The quantitative estimate of drug-likeness (QED) is 0.739. The predicted octanol–water partition coefficient (Wildman–Crippen LogP) is 1.87. The third-order valence-electron chi connectivity index (χ3n) is 1.19. The second-order valence-electron chi connectivity index (χ2n) is 1.99. The monoisotopic (exact) mass is 241 g/mol. The molecule has 0 aromatic heterocycles. The molecule has 3 heteroatoms. The SMILES string of the molecule is O=[C]([Pd])OCc1ccccc1. The van der Waals surface area contributed by atoms with Gasteiger partial charge in [-0.1, -0.05) is 0 Å². The van der Waals surface area contributed by atoms with E-state index in [2.05, 4.69) is 19.2 Å². The van der Waals surface area contributed by atoms with E-state index < -0.39 is 4.44 Å². The van der Waals surface area contributed by atoms with Gasteiger partial charge >= 0.3 is 75.7 Å². The van der Waals surface area contributed by atoms with Crippen LogP contribution in [0.1, 0.15) is 5.56 Å². The summed E-state index contributed by atoms with van der Waals surface area (Å²) in [5, 5.41) is 0. The Hall–Kier alpha value is -0.648. The molecule has 0 aliphatic rings. The van der Waals surface area contributed by atoms with Crippen molar-refractivity contribution in [3.63, 3.8) is 0 Å². The standard InChI is InChI=1S/C8H7O2.Pd/c9-7-10-6-8-4-2-1-3-5-8;/h1-5H,6H2;. The number of carbonyl (C=O) groups excluding carboxylic acids is 1. The molecule has 11 heavy (non-hydrogen) atoms. The normalized spacial score (nSPS) is 9.27. The summed E-state index contributed by atoms with van der Waals surface area (Å²) < 4.78 is 4.33. The molecule has 1 aromatic carbocycles. The molecule has 1 rings (SSSR count). The summed E-state index contributed by atoms with van der Waals surface area (Å²) in [6, 6.07) is 9.53. The molecule has 0 amide bonds. The third-order valence-corrected chi connectivity index (χ3v) is 1.41. The molecular weight excluding hydrogens is 235 g/mol. The summed E-state index contributed by atoms with van der Waals surface area (Å²) in [6.07, 6.45) is 0. The van der Waals surface area contributed by atoms with Crippen molar-refractivity contribution in [1.82, 2.24) is 0 Å². The minimum atomic E-state index is -0.392. The molecule has 0 spiro atoms. The topological polar surface area (TPSA) is 26.3 Å². The van der Waals surface area contributed by atoms with Gasteiger partial charge in [-0.05, 0) is 0 Å². The van der Waals surface area contributed by atoms with E-state index in [1.807, 2.05) is 30.3 Å². The van der Waals surface area contributed by atoms with Gasteiger partial charge in [0.1, 0.15) is 0 Å². The first-order valence-electron chi connectivity index (χ1n) is 3.12. The molecule has 0 aliphatic heterocycles. The maximum atomic E-state index is 10.3. The zero-order valence-corrected chi connectivity index (χ0v) is 7.28. The fraction of sp³-hybridized carbons (Fsp3) is 0.125. The zero-order chi connectivity index (χ0) is 8.10.